The Hall–Kier alpha value is -1.85. The summed E-state index contributed by atoms with van der Waals surface area (Å²) in [6.45, 7) is 1.41. The number of carbonyl (C=O) groups is 1. The fraction of sp³-hybridized carbons (Fsp3) is 0.357. The molecule has 5 heteroatoms. The van der Waals surface area contributed by atoms with Crippen molar-refractivity contribution in [3.05, 3.63) is 36.0 Å². The van der Waals surface area contributed by atoms with Crippen LogP contribution >= 0.6 is 0 Å². The number of aromatic nitrogens is 1. The molecule has 19 heavy (non-hydrogen) atoms. The van der Waals surface area contributed by atoms with E-state index < -0.39 is 0 Å². The normalized spacial score (nSPS) is 19.8. The van der Waals surface area contributed by atoms with E-state index in [2.05, 4.69) is 4.98 Å². The number of hydrogen-bond donors (Lipinski definition) is 2. The van der Waals surface area contributed by atoms with Crippen molar-refractivity contribution in [1.82, 2.24) is 9.88 Å². The maximum Gasteiger partial charge on any atom is 0.256 e. The van der Waals surface area contributed by atoms with Crippen molar-refractivity contribution in [2.75, 3.05) is 26.3 Å². The van der Waals surface area contributed by atoms with E-state index in [4.69, 9.17) is 9.84 Å². The van der Waals surface area contributed by atoms with Gasteiger partial charge in [-0.3, -0.25) is 4.79 Å². The van der Waals surface area contributed by atoms with E-state index in [1.165, 1.54) is 0 Å². The molecular weight excluding hydrogens is 244 g/mol. The topological polar surface area (TPSA) is 65.6 Å². The molecule has 1 saturated heterocycles. The molecular formula is C14H16N2O3. The summed E-state index contributed by atoms with van der Waals surface area (Å²) in [7, 11) is 0. The number of nitrogens with zero attached hydrogens (tertiary/aromatic N) is 1. The standard InChI is InChI=1S/C14H16N2O3/c17-9-11-8-16(6-7-19-11)14(18)12-3-1-2-10-4-5-15-13(10)12/h1-5,11,15,17H,6-9H2. The molecule has 0 spiro atoms. The first-order valence-corrected chi connectivity index (χ1v) is 6.37. The fourth-order valence-corrected chi connectivity index (χ4v) is 2.45. The van der Waals surface area contributed by atoms with Crippen LogP contribution < -0.4 is 0 Å². The quantitative estimate of drug-likeness (QED) is 0.846. The molecule has 2 N–H and O–H groups in total. The minimum Gasteiger partial charge on any atom is -0.394 e. The molecule has 1 aliphatic rings. The van der Waals surface area contributed by atoms with Gasteiger partial charge in [0.05, 0.1) is 30.4 Å². The minimum atomic E-state index is -0.277. The Labute approximate surface area is 110 Å². The highest BCUT2D eigenvalue weighted by Gasteiger charge is 2.25. The highest BCUT2D eigenvalue weighted by atomic mass is 16.5. The molecule has 1 aromatic carbocycles. The number of nitrogens with one attached hydrogen (secondary N) is 1. The molecule has 1 unspecified atom stereocenters. The van der Waals surface area contributed by atoms with Gasteiger partial charge in [-0.2, -0.15) is 0 Å². The van der Waals surface area contributed by atoms with Gasteiger partial charge < -0.3 is 19.7 Å². The molecule has 100 valence electrons. The molecule has 0 bridgehead atoms. The van der Waals surface area contributed by atoms with E-state index in [1.807, 2.05) is 30.5 Å². The van der Waals surface area contributed by atoms with Crippen LogP contribution in [0.4, 0.5) is 0 Å². The van der Waals surface area contributed by atoms with Gasteiger partial charge in [0, 0.05) is 24.7 Å². The van der Waals surface area contributed by atoms with Crippen LogP contribution in [0.25, 0.3) is 10.9 Å². The van der Waals surface area contributed by atoms with Gasteiger partial charge in [-0.05, 0) is 12.1 Å². The fourth-order valence-electron chi connectivity index (χ4n) is 2.45. The van der Waals surface area contributed by atoms with Crippen molar-refractivity contribution >= 4 is 16.8 Å². The van der Waals surface area contributed by atoms with E-state index in [0.717, 1.165) is 10.9 Å². The van der Waals surface area contributed by atoms with Crippen LogP contribution in [0.5, 0.6) is 0 Å². The lowest BCUT2D eigenvalue weighted by Crippen LogP contribution is -2.46. The van der Waals surface area contributed by atoms with Gasteiger partial charge in [-0.25, -0.2) is 0 Å². The number of benzene rings is 1. The van der Waals surface area contributed by atoms with E-state index >= 15 is 0 Å². The van der Waals surface area contributed by atoms with Crippen molar-refractivity contribution in [3.63, 3.8) is 0 Å². The Morgan fingerprint density at radius 3 is 3.21 bits per heavy atom. The van der Waals surface area contributed by atoms with Gasteiger partial charge in [0.15, 0.2) is 0 Å². The molecule has 0 saturated carbocycles. The predicted octanol–water partition coefficient (Wildman–Crippen LogP) is 1.00. The minimum absolute atomic E-state index is 0.0187. The molecule has 1 amide bonds. The van der Waals surface area contributed by atoms with Crippen molar-refractivity contribution in [1.29, 1.82) is 0 Å². The number of rotatable bonds is 2. The third-order valence-electron chi connectivity index (χ3n) is 3.45. The lowest BCUT2D eigenvalue weighted by Gasteiger charge is -2.32. The first-order chi connectivity index (χ1) is 9.29. The Morgan fingerprint density at radius 2 is 2.37 bits per heavy atom. The molecule has 2 aromatic rings. The van der Waals surface area contributed by atoms with E-state index in [1.54, 1.807) is 4.90 Å². The van der Waals surface area contributed by atoms with Crippen LogP contribution in [0.2, 0.25) is 0 Å². The third-order valence-corrected chi connectivity index (χ3v) is 3.45. The second kappa shape index (κ2) is 5.03. The number of hydrogen-bond acceptors (Lipinski definition) is 3. The average molecular weight is 260 g/mol. The van der Waals surface area contributed by atoms with Gasteiger partial charge in [0.2, 0.25) is 0 Å². The first-order valence-electron chi connectivity index (χ1n) is 6.37. The van der Waals surface area contributed by atoms with Crippen LogP contribution in [0, 0.1) is 0 Å². The second-order valence-corrected chi connectivity index (χ2v) is 4.67. The van der Waals surface area contributed by atoms with Crippen LogP contribution in [0.3, 0.4) is 0 Å². The zero-order chi connectivity index (χ0) is 13.2. The summed E-state index contributed by atoms with van der Waals surface area (Å²) >= 11 is 0. The van der Waals surface area contributed by atoms with Gasteiger partial charge >= 0.3 is 0 Å². The Balaban J connectivity index is 1.89. The summed E-state index contributed by atoms with van der Waals surface area (Å²) in [4.78, 5) is 17.4. The van der Waals surface area contributed by atoms with Gasteiger partial charge in [-0.15, -0.1) is 0 Å². The summed E-state index contributed by atoms with van der Waals surface area (Å²) in [5.41, 5.74) is 1.53. The number of morpholine rings is 1. The van der Waals surface area contributed by atoms with Gasteiger partial charge in [-0.1, -0.05) is 12.1 Å². The number of H-pyrrole nitrogens is 1. The maximum atomic E-state index is 12.5. The van der Waals surface area contributed by atoms with Crippen LogP contribution in [0.15, 0.2) is 30.5 Å². The van der Waals surface area contributed by atoms with E-state index in [0.29, 0.717) is 25.3 Å². The summed E-state index contributed by atoms with van der Waals surface area (Å²) in [6, 6.07) is 7.62. The molecule has 1 aromatic heterocycles. The molecule has 1 aliphatic heterocycles. The highest BCUT2D eigenvalue weighted by molar-refractivity contribution is 6.05. The van der Waals surface area contributed by atoms with Gasteiger partial charge in [0.25, 0.3) is 5.91 Å². The lowest BCUT2D eigenvalue weighted by molar-refractivity contribution is -0.0446. The molecule has 0 radical (unpaired) electrons. The first kappa shape index (κ1) is 12.2. The van der Waals surface area contributed by atoms with Crippen molar-refractivity contribution in [3.8, 4) is 0 Å². The maximum absolute atomic E-state index is 12.5. The van der Waals surface area contributed by atoms with E-state index in [9.17, 15) is 4.79 Å². The van der Waals surface area contributed by atoms with Crippen LogP contribution in [0.1, 0.15) is 10.4 Å². The summed E-state index contributed by atoms with van der Waals surface area (Å²) < 4.78 is 5.36. The Kier molecular flexibility index (Phi) is 3.23. The number of amides is 1. The van der Waals surface area contributed by atoms with Crippen LogP contribution in [-0.4, -0.2) is 53.3 Å². The number of aliphatic hydroxyl groups is 1. The summed E-state index contributed by atoms with van der Waals surface area (Å²) in [6.07, 6.45) is 1.55. The van der Waals surface area contributed by atoms with Crippen molar-refractivity contribution < 1.29 is 14.6 Å². The number of aromatic amines is 1. The highest BCUT2D eigenvalue weighted by Crippen LogP contribution is 2.19. The number of fused-ring (bicyclic) bond motifs is 1. The van der Waals surface area contributed by atoms with E-state index in [-0.39, 0.29) is 18.6 Å². The average Bonchev–Trinajstić information content (AvgIpc) is 2.95. The third kappa shape index (κ3) is 2.22. The molecule has 3 rings (SSSR count). The molecule has 0 aliphatic carbocycles. The van der Waals surface area contributed by atoms with Crippen molar-refractivity contribution in [2.24, 2.45) is 0 Å². The van der Waals surface area contributed by atoms with Crippen LogP contribution in [-0.2, 0) is 4.74 Å². The van der Waals surface area contributed by atoms with Crippen molar-refractivity contribution in [2.45, 2.75) is 6.10 Å². The predicted molar refractivity (Wildman–Crippen MR) is 71.0 cm³/mol. The van der Waals surface area contributed by atoms with Gasteiger partial charge in [0.1, 0.15) is 0 Å². The Bertz CT molecular complexity index is 593. The number of carbonyl (C=O) groups excluding carboxylic acids is 1. The number of ether oxygens (including phenoxy) is 1. The lowest BCUT2D eigenvalue weighted by atomic mass is 10.1. The zero-order valence-electron chi connectivity index (χ0n) is 10.5. The number of para-hydroxylation sites is 1. The monoisotopic (exact) mass is 260 g/mol. The summed E-state index contributed by atoms with van der Waals surface area (Å²) in [5.74, 6) is -0.0187. The zero-order valence-corrected chi connectivity index (χ0v) is 10.5. The summed E-state index contributed by atoms with van der Waals surface area (Å²) in [5, 5.41) is 10.2. The largest absolute Gasteiger partial charge is 0.394 e. The SMILES string of the molecule is O=C(c1cccc2cc[nH]c12)N1CCOC(CO)C1. The molecule has 1 atom stereocenters. The molecule has 2 heterocycles. The smallest absolute Gasteiger partial charge is 0.256 e. The molecule has 5 nitrogen and oxygen atoms in total. The Morgan fingerprint density at radius 1 is 1.47 bits per heavy atom. The molecule has 1 fully saturated rings. The second-order valence-electron chi connectivity index (χ2n) is 4.67. The number of aliphatic hydroxyl groups excluding tert-OH is 1.